The summed E-state index contributed by atoms with van der Waals surface area (Å²) < 4.78 is 40.0. The number of hydrogen-bond donors (Lipinski definition) is 2. The molecule has 0 amide bonds. The fraction of sp³-hybridized carbons (Fsp3) is 0.154. The van der Waals surface area contributed by atoms with Crippen molar-refractivity contribution in [2.24, 2.45) is 5.73 Å². The van der Waals surface area contributed by atoms with Gasteiger partial charge >= 0.3 is 0 Å². The lowest BCUT2D eigenvalue weighted by Gasteiger charge is -2.11. The summed E-state index contributed by atoms with van der Waals surface area (Å²) in [5, 5.41) is 0. The molecule has 7 heteroatoms. The van der Waals surface area contributed by atoms with Gasteiger partial charge in [-0.3, -0.25) is 9.71 Å². The molecule has 0 saturated carbocycles. The van der Waals surface area contributed by atoms with Crippen molar-refractivity contribution in [3.05, 3.63) is 54.1 Å². The van der Waals surface area contributed by atoms with Crippen molar-refractivity contribution in [3.63, 3.8) is 0 Å². The lowest BCUT2D eigenvalue weighted by atomic mass is 10.1. The van der Waals surface area contributed by atoms with Crippen molar-refractivity contribution in [2.45, 2.75) is 17.9 Å². The molecule has 0 saturated heterocycles. The van der Waals surface area contributed by atoms with Crippen LogP contribution in [0.2, 0.25) is 0 Å². The normalized spacial score (nSPS) is 12.9. The topological polar surface area (TPSA) is 85.1 Å². The first-order valence-corrected chi connectivity index (χ1v) is 7.36. The van der Waals surface area contributed by atoms with Gasteiger partial charge in [-0.15, -0.1) is 0 Å². The quantitative estimate of drug-likeness (QED) is 0.904. The number of anilines is 1. The number of benzene rings is 1. The highest BCUT2D eigenvalue weighted by Crippen LogP contribution is 2.20. The number of nitrogens with zero attached hydrogens (tertiary/aromatic N) is 1. The van der Waals surface area contributed by atoms with Crippen LogP contribution in [0.4, 0.5) is 10.1 Å². The molecule has 2 aromatic rings. The number of aromatic nitrogens is 1. The van der Waals surface area contributed by atoms with Crippen LogP contribution in [0, 0.1) is 5.82 Å². The highest BCUT2D eigenvalue weighted by atomic mass is 32.2. The van der Waals surface area contributed by atoms with E-state index >= 15 is 0 Å². The molecular weight excluding hydrogens is 281 g/mol. The third-order valence-electron chi connectivity index (χ3n) is 2.71. The first-order chi connectivity index (χ1) is 9.40. The van der Waals surface area contributed by atoms with Gasteiger partial charge in [-0.25, -0.2) is 12.8 Å². The summed E-state index contributed by atoms with van der Waals surface area (Å²) in [6.07, 6.45) is 2.25. The molecule has 3 N–H and O–H groups in total. The van der Waals surface area contributed by atoms with Gasteiger partial charge in [0.1, 0.15) is 0 Å². The van der Waals surface area contributed by atoms with Crippen molar-refractivity contribution in [3.8, 4) is 0 Å². The smallest absolute Gasteiger partial charge is 0.261 e. The molecule has 106 valence electrons. The van der Waals surface area contributed by atoms with Crippen LogP contribution in [0.5, 0.6) is 0 Å². The molecule has 5 nitrogen and oxygen atoms in total. The maximum absolute atomic E-state index is 13.4. The van der Waals surface area contributed by atoms with Crippen molar-refractivity contribution in [2.75, 3.05) is 4.72 Å². The molecule has 1 unspecified atom stereocenters. The van der Waals surface area contributed by atoms with Crippen LogP contribution >= 0.6 is 0 Å². The van der Waals surface area contributed by atoms with Crippen LogP contribution in [0.25, 0.3) is 0 Å². The van der Waals surface area contributed by atoms with Crippen LogP contribution in [-0.2, 0) is 10.0 Å². The van der Waals surface area contributed by atoms with E-state index in [1.807, 2.05) is 0 Å². The fourth-order valence-corrected chi connectivity index (χ4v) is 2.75. The summed E-state index contributed by atoms with van der Waals surface area (Å²) in [6, 6.07) is 7.18. The number of pyridine rings is 1. The van der Waals surface area contributed by atoms with Crippen molar-refractivity contribution >= 4 is 15.7 Å². The minimum Gasteiger partial charge on any atom is -0.324 e. The van der Waals surface area contributed by atoms with Gasteiger partial charge in [0.15, 0.2) is 5.82 Å². The summed E-state index contributed by atoms with van der Waals surface area (Å²) in [5.41, 5.74) is 6.26. The summed E-state index contributed by atoms with van der Waals surface area (Å²) >= 11 is 0. The third kappa shape index (κ3) is 3.12. The van der Waals surface area contributed by atoms with Crippen molar-refractivity contribution in [1.82, 2.24) is 4.98 Å². The molecule has 2 rings (SSSR count). The Morgan fingerprint density at radius 1 is 1.35 bits per heavy atom. The highest BCUT2D eigenvalue weighted by molar-refractivity contribution is 7.92. The molecule has 0 spiro atoms. The largest absolute Gasteiger partial charge is 0.324 e. The zero-order chi connectivity index (χ0) is 14.8. The number of sulfonamides is 1. The third-order valence-corrected chi connectivity index (χ3v) is 4.07. The average Bonchev–Trinajstić information content (AvgIpc) is 2.41. The number of nitrogens with two attached hydrogens (primary N) is 1. The van der Waals surface area contributed by atoms with Crippen molar-refractivity contribution in [1.29, 1.82) is 0 Å². The highest BCUT2D eigenvalue weighted by Gasteiger charge is 2.17. The van der Waals surface area contributed by atoms with E-state index in [4.69, 9.17) is 5.73 Å². The summed E-state index contributed by atoms with van der Waals surface area (Å²) in [6.45, 7) is 1.75. The standard InChI is InChI=1S/C13H14FN3O2S/c1-9(15)10-3-2-4-11(7-10)20(18,19)17-13-5-6-16-8-12(13)14/h2-9H,15H2,1H3,(H,16,17). The zero-order valence-electron chi connectivity index (χ0n) is 10.7. The monoisotopic (exact) mass is 295 g/mol. The SMILES string of the molecule is CC(N)c1cccc(S(=O)(=O)Nc2ccncc2F)c1. The van der Waals surface area contributed by atoms with E-state index in [-0.39, 0.29) is 16.6 Å². The van der Waals surface area contributed by atoms with E-state index in [0.29, 0.717) is 5.56 Å². The molecule has 0 aliphatic carbocycles. The number of rotatable bonds is 4. The second-order valence-corrected chi connectivity index (χ2v) is 6.00. The van der Waals surface area contributed by atoms with E-state index in [1.54, 1.807) is 19.1 Å². The second kappa shape index (κ2) is 5.56. The molecule has 1 aromatic heterocycles. The van der Waals surface area contributed by atoms with Crippen LogP contribution in [0.3, 0.4) is 0 Å². The Labute approximate surface area is 116 Å². The van der Waals surface area contributed by atoms with Crippen LogP contribution in [0.1, 0.15) is 18.5 Å². The second-order valence-electron chi connectivity index (χ2n) is 4.32. The van der Waals surface area contributed by atoms with Gasteiger partial charge in [0.25, 0.3) is 10.0 Å². The predicted octanol–water partition coefficient (Wildman–Crippen LogP) is 2.04. The van der Waals surface area contributed by atoms with Gasteiger partial charge in [-0.1, -0.05) is 12.1 Å². The van der Waals surface area contributed by atoms with Gasteiger partial charge < -0.3 is 5.73 Å². The Morgan fingerprint density at radius 2 is 2.10 bits per heavy atom. The first kappa shape index (κ1) is 14.4. The van der Waals surface area contributed by atoms with E-state index < -0.39 is 15.8 Å². The minimum atomic E-state index is -3.87. The minimum absolute atomic E-state index is 0.0310. The molecule has 0 bridgehead atoms. The molecule has 0 fully saturated rings. The zero-order valence-corrected chi connectivity index (χ0v) is 11.6. The van der Waals surface area contributed by atoms with Gasteiger partial charge in [-0.2, -0.15) is 0 Å². The fourth-order valence-electron chi connectivity index (χ4n) is 1.63. The summed E-state index contributed by atoms with van der Waals surface area (Å²) in [7, 11) is -3.87. The Bertz CT molecular complexity index is 717. The molecule has 1 atom stereocenters. The molecule has 0 aliphatic rings. The molecular formula is C13H14FN3O2S. The molecule has 1 aromatic carbocycles. The lowest BCUT2D eigenvalue weighted by molar-refractivity contribution is 0.597. The molecule has 1 heterocycles. The Morgan fingerprint density at radius 3 is 2.75 bits per heavy atom. The molecule has 0 aliphatic heterocycles. The number of halogens is 1. The number of hydrogen-bond acceptors (Lipinski definition) is 4. The van der Waals surface area contributed by atoms with Gasteiger partial charge in [-0.05, 0) is 30.7 Å². The Hall–Kier alpha value is -1.99. The Kier molecular flexibility index (Phi) is 4.01. The first-order valence-electron chi connectivity index (χ1n) is 5.88. The van der Waals surface area contributed by atoms with E-state index in [2.05, 4.69) is 9.71 Å². The van der Waals surface area contributed by atoms with E-state index in [1.165, 1.54) is 24.4 Å². The summed E-state index contributed by atoms with van der Waals surface area (Å²) in [4.78, 5) is 3.59. The van der Waals surface area contributed by atoms with Crippen molar-refractivity contribution < 1.29 is 12.8 Å². The van der Waals surface area contributed by atoms with Gasteiger partial charge in [0, 0.05) is 12.2 Å². The van der Waals surface area contributed by atoms with Gasteiger partial charge in [0.2, 0.25) is 0 Å². The van der Waals surface area contributed by atoms with E-state index in [0.717, 1.165) is 6.20 Å². The summed E-state index contributed by atoms with van der Waals surface area (Å²) in [5.74, 6) is -0.737. The molecule has 0 radical (unpaired) electrons. The maximum atomic E-state index is 13.4. The molecule has 20 heavy (non-hydrogen) atoms. The van der Waals surface area contributed by atoms with Gasteiger partial charge in [0.05, 0.1) is 16.8 Å². The average molecular weight is 295 g/mol. The van der Waals surface area contributed by atoms with Crippen LogP contribution < -0.4 is 10.5 Å². The predicted molar refractivity (Wildman–Crippen MR) is 74.0 cm³/mol. The van der Waals surface area contributed by atoms with Crippen LogP contribution in [-0.4, -0.2) is 13.4 Å². The number of nitrogens with one attached hydrogen (secondary N) is 1. The maximum Gasteiger partial charge on any atom is 0.261 e. The van der Waals surface area contributed by atoms with E-state index in [9.17, 15) is 12.8 Å². The lowest BCUT2D eigenvalue weighted by Crippen LogP contribution is -2.15. The Balaban J connectivity index is 2.36. The van der Waals surface area contributed by atoms with Crippen LogP contribution in [0.15, 0.2) is 47.6 Å².